The highest BCUT2D eigenvalue weighted by Crippen LogP contribution is 2.20. The standard InChI is InChI=1S/C11H7NO3S/c13-6-8-3-1-7(2-4-8)5-9-10(14)16-11(15)12-9/h1-6H,(H,12,15). The van der Waals surface area contributed by atoms with Gasteiger partial charge in [-0.05, 0) is 11.6 Å². The van der Waals surface area contributed by atoms with Crippen LogP contribution in [0.15, 0.2) is 30.0 Å². The Morgan fingerprint density at radius 1 is 1.06 bits per heavy atom. The summed E-state index contributed by atoms with van der Waals surface area (Å²) < 4.78 is 0. The lowest BCUT2D eigenvalue weighted by atomic mass is 10.1. The summed E-state index contributed by atoms with van der Waals surface area (Å²) in [5.41, 5.74) is 1.60. The molecule has 5 heteroatoms. The predicted octanol–water partition coefficient (Wildman–Crippen LogP) is 1.82. The SMILES string of the molecule is O=Cc1ccc(C=C2NC(=O)SC2=O)cc1. The summed E-state index contributed by atoms with van der Waals surface area (Å²) in [5.74, 6) is 0. The van der Waals surface area contributed by atoms with E-state index in [1.54, 1.807) is 30.3 Å². The molecular weight excluding hydrogens is 226 g/mol. The second-order valence-electron chi connectivity index (χ2n) is 3.14. The quantitative estimate of drug-likeness (QED) is 0.625. The monoisotopic (exact) mass is 233 g/mol. The molecule has 1 aliphatic rings. The lowest BCUT2D eigenvalue weighted by Gasteiger charge is -1.96. The first kappa shape index (κ1) is 10.6. The van der Waals surface area contributed by atoms with Crippen molar-refractivity contribution in [1.82, 2.24) is 5.32 Å². The third-order valence-electron chi connectivity index (χ3n) is 2.03. The van der Waals surface area contributed by atoms with Crippen LogP contribution in [-0.4, -0.2) is 16.6 Å². The third-order valence-corrected chi connectivity index (χ3v) is 2.72. The third kappa shape index (κ3) is 2.20. The Kier molecular flexibility index (Phi) is 2.87. The van der Waals surface area contributed by atoms with Crippen LogP contribution in [0.25, 0.3) is 6.08 Å². The Morgan fingerprint density at radius 3 is 2.19 bits per heavy atom. The van der Waals surface area contributed by atoms with Crippen LogP contribution in [0.4, 0.5) is 4.79 Å². The number of nitrogens with one attached hydrogen (secondary N) is 1. The smallest absolute Gasteiger partial charge is 0.291 e. The summed E-state index contributed by atoms with van der Waals surface area (Å²) in [4.78, 5) is 32.6. The van der Waals surface area contributed by atoms with E-state index >= 15 is 0 Å². The molecule has 80 valence electrons. The summed E-state index contributed by atoms with van der Waals surface area (Å²) in [5, 5.41) is 1.80. The van der Waals surface area contributed by atoms with E-state index in [1.165, 1.54) is 0 Å². The van der Waals surface area contributed by atoms with Crippen LogP contribution in [0.3, 0.4) is 0 Å². The number of hydrogen-bond donors (Lipinski definition) is 1. The van der Waals surface area contributed by atoms with Crippen molar-refractivity contribution in [1.29, 1.82) is 0 Å². The van der Waals surface area contributed by atoms with E-state index in [2.05, 4.69) is 5.32 Å². The number of carbonyl (C=O) groups is 3. The first-order chi connectivity index (χ1) is 7.69. The highest BCUT2D eigenvalue weighted by atomic mass is 32.2. The molecule has 0 bridgehead atoms. The van der Waals surface area contributed by atoms with Gasteiger partial charge in [-0.1, -0.05) is 24.3 Å². The number of carbonyl (C=O) groups excluding carboxylic acids is 3. The molecule has 0 aliphatic carbocycles. The fourth-order valence-electron chi connectivity index (χ4n) is 1.26. The zero-order valence-electron chi connectivity index (χ0n) is 8.10. The second-order valence-corrected chi connectivity index (χ2v) is 4.09. The van der Waals surface area contributed by atoms with E-state index in [4.69, 9.17) is 0 Å². The van der Waals surface area contributed by atoms with Gasteiger partial charge in [0.05, 0.1) is 5.70 Å². The molecule has 0 radical (unpaired) electrons. The number of rotatable bonds is 2. The van der Waals surface area contributed by atoms with Crippen LogP contribution in [0, 0.1) is 0 Å². The molecule has 1 aromatic rings. The van der Waals surface area contributed by atoms with Crippen LogP contribution < -0.4 is 5.32 Å². The minimum absolute atomic E-state index is 0.272. The Bertz CT molecular complexity index is 490. The van der Waals surface area contributed by atoms with Crippen LogP contribution in [0.2, 0.25) is 0 Å². The Hall–Kier alpha value is -1.88. The molecule has 0 unspecified atom stereocenters. The van der Waals surface area contributed by atoms with E-state index in [9.17, 15) is 14.4 Å². The molecule has 0 saturated carbocycles. The summed E-state index contributed by atoms with van der Waals surface area (Å²) in [7, 11) is 0. The van der Waals surface area contributed by atoms with E-state index < -0.39 is 0 Å². The normalized spacial score (nSPS) is 17.6. The van der Waals surface area contributed by atoms with Gasteiger partial charge in [-0.25, -0.2) is 0 Å². The van der Waals surface area contributed by atoms with Gasteiger partial charge >= 0.3 is 0 Å². The van der Waals surface area contributed by atoms with Gasteiger partial charge in [0.25, 0.3) is 5.24 Å². The number of amides is 1. The molecule has 1 aliphatic heterocycles. The summed E-state index contributed by atoms with van der Waals surface area (Å²) >= 11 is 0.642. The van der Waals surface area contributed by atoms with Crippen molar-refractivity contribution in [3.05, 3.63) is 41.1 Å². The molecule has 0 aromatic heterocycles. The maximum absolute atomic E-state index is 11.3. The van der Waals surface area contributed by atoms with E-state index in [0.29, 0.717) is 17.3 Å². The first-order valence-electron chi connectivity index (χ1n) is 4.49. The van der Waals surface area contributed by atoms with Crippen molar-refractivity contribution in [3.63, 3.8) is 0 Å². The van der Waals surface area contributed by atoms with Gasteiger partial charge in [-0.3, -0.25) is 14.4 Å². The lowest BCUT2D eigenvalue weighted by Crippen LogP contribution is -2.10. The topological polar surface area (TPSA) is 63.2 Å². The van der Waals surface area contributed by atoms with Gasteiger partial charge in [0.15, 0.2) is 0 Å². The highest BCUT2D eigenvalue weighted by Gasteiger charge is 2.24. The summed E-state index contributed by atoms with van der Waals surface area (Å²) in [6, 6.07) is 6.71. The van der Waals surface area contributed by atoms with Gasteiger partial charge < -0.3 is 5.32 Å². The van der Waals surface area contributed by atoms with Crippen molar-refractivity contribution in [2.75, 3.05) is 0 Å². The fourth-order valence-corrected chi connectivity index (χ4v) is 1.81. The molecular formula is C11H7NO3S. The average molecular weight is 233 g/mol. The number of thioether (sulfide) groups is 1. The van der Waals surface area contributed by atoms with Crippen LogP contribution in [-0.2, 0) is 4.79 Å². The molecule has 1 N–H and O–H groups in total. The van der Waals surface area contributed by atoms with Gasteiger partial charge in [-0.15, -0.1) is 0 Å². The average Bonchev–Trinajstić information content (AvgIpc) is 2.59. The van der Waals surface area contributed by atoms with Crippen molar-refractivity contribution in [2.24, 2.45) is 0 Å². The molecule has 2 rings (SSSR count). The maximum Gasteiger partial charge on any atom is 0.291 e. The number of benzene rings is 1. The Morgan fingerprint density at radius 2 is 1.69 bits per heavy atom. The Labute approximate surface area is 95.7 Å². The maximum atomic E-state index is 11.3. The van der Waals surface area contributed by atoms with Crippen LogP contribution in [0.1, 0.15) is 15.9 Å². The number of hydrogen-bond acceptors (Lipinski definition) is 4. The minimum Gasteiger partial charge on any atom is -0.313 e. The van der Waals surface area contributed by atoms with Crippen LogP contribution in [0.5, 0.6) is 0 Å². The van der Waals surface area contributed by atoms with Crippen molar-refractivity contribution in [3.8, 4) is 0 Å². The molecule has 0 spiro atoms. The molecule has 1 heterocycles. The minimum atomic E-state index is -0.360. The molecule has 1 amide bonds. The zero-order valence-corrected chi connectivity index (χ0v) is 8.91. The Balaban J connectivity index is 2.25. The molecule has 0 atom stereocenters. The largest absolute Gasteiger partial charge is 0.313 e. The van der Waals surface area contributed by atoms with Crippen molar-refractivity contribution < 1.29 is 14.4 Å². The van der Waals surface area contributed by atoms with Gasteiger partial charge in [0.1, 0.15) is 6.29 Å². The summed E-state index contributed by atoms with van der Waals surface area (Å²) in [6.45, 7) is 0. The fraction of sp³-hybridized carbons (Fsp3) is 0. The van der Waals surface area contributed by atoms with E-state index in [-0.39, 0.29) is 16.1 Å². The predicted molar refractivity (Wildman–Crippen MR) is 60.9 cm³/mol. The van der Waals surface area contributed by atoms with Gasteiger partial charge in [0.2, 0.25) is 5.12 Å². The van der Waals surface area contributed by atoms with Crippen molar-refractivity contribution >= 4 is 34.5 Å². The van der Waals surface area contributed by atoms with Crippen LogP contribution >= 0.6 is 11.8 Å². The highest BCUT2D eigenvalue weighted by molar-refractivity contribution is 8.27. The lowest BCUT2D eigenvalue weighted by molar-refractivity contribution is -0.107. The number of aldehydes is 1. The van der Waals surface area contributed by atoms with E-state index in [0.717, 1.165) is 11.8 Å². The van der Waals surface area contributed by atoms with Gasteiger partial charge in [0, 0.05) is 17.3 Å². The molecule has 16 heavy (non-hydrogen) atoms. The van der Waals surface area contributed by atoms with Crippen molar-refractivity contribution in [2.45, 2.75) is 0 Å². The molecule has 1 aromatic carbocycles. The first-order valence-corrected chi connectivity index (χ1v) is 5.31. The second kappa shape index (κ2) is 4.32. The molecule has 1 saturated heterocycles. The summed E-state index contributed by atoms with van der Waals surface area (Å²) in [6.07, 6.45) is 2.32. The van der Waals surface area contributed by atoms with E-state index in [1.807, 2.05) is 0 Å². The zero-order chi connectivity index (χ0) is 11.5. The molecule has 1 fully saturated rings. The molecule has 4 nitrogen and oxygen atoms in total. The van der Waals surface area contributed by atoms with Gasteiger partial charge in [-0.2, -0.15) is 0 Å².